The number of carbonyl (C=O) groups is 3. The zero-order valence-corrected chi connectivity index (χ0v) is 10.6. The Morgan fingerprint density at radius 2 is 2.26 bits per heavy atom. The molecule has 2 unspecified atom stereocenters. The molecule has 0 aromatic carbocycles. The normalized spacial score (nSPS) is 24.1. The Balaban J connectivity index is 0.000000191. The Bertz CT molecular complexity index is 365. The first-order chi connectivity index (χ1) is 9.06. The van der Waals surface area contributed by atoms with Crippen LogP contribution in [0.2, 0.25) is 0 Å². The molecule has 0 aromatic rings. The molecule has 7 nitrogen and oxygen atoms in total. The Morgan fingerprint density at radius 1 is 1.58 bits per heavy atom. The maximum atomic E-state index is 10.8. The minimum atomic E-state index is -0.384. The molecule has 0 bridgehead atoms. The second-order valence-electron chi connectivity index (χ2n) is 4.18. The average Bonchev–Trinajstić information content (AvgIpc) is 3.15. The van der Waals surface area contributed by atoms with Crippen LogP contribution in [-0.4, -0.2) is 43.6 Å². The third kappa shape index (κ3) is 6.12. The Morgan fingerprint density at radius 3 is 2.68 bits per heavy atom. The van der Waals surface area contributed by atoms with Gasteiger partial charge in [-0.3, -0.25) is 14.9 Å². The summed E-state index contributed by atoms with van der Waals surface area (Å²) in [4.78, 5) is 31.7. The zero-order chi connectivity index (χ0) is 14.3. The van der Waals surface area contributed by atoms with Crippen molar-refractivity contribution in [1.29, 1.82) is 0 Å². The van der Waals surface area contributed by atoms with E-state index in [0.29, 0.717) is 32.6 Å². The second-order valence-corrected chi connectivity index (χ2v) is 4.18. The van der Waals surface area contributed by atoms with Crippen molar-refractivity contribution in [2.45, 2.75) is 18.9 Å². The molecular formula is C12H18N2O5. The number of nitrogens with two attached hydrogens (primary N) is 1. The number of imide groups is 1. The smallest absolute Gasteiger partial charge is 0.330 e. The van der Waals surface area contributed by atoms with Crippen molar-refractivity contribution in [3.8, 4) is 0 Å². The predicted molar refractivity (Wildman–Crippen MR) is 65.8 cm³/mol. The Hall–Kier alpha value is -1.73. The first-order valence-corrected chi connectivity index (χ1v) is 6.01. The third-order valence-electron chi connectivity index (χ3n) is 2.56. The van der Waals surface area contributed by atoms with Crippen LogP contribution in [0.25, 0.3) is 0 Å². The summed E-state index contributed by atoms with van der Waals surface area (Å²) < 4.78 is 9.42. The van der Waals surface area contributed by atoms with Gasteiger partial charge in [0.2, 0.25) is 11.8 Å². The average molecular weight is 270 g/mol. The molecular weight excluding hydrogens is 252 g/mol. The summed E-state index contributed by atoms with van der Waals surface area (Å²) in [5, 5.41) is 2.22. The second kappa shape index (κ2) is 7.65. The topological polar surface area (TPSA) is 111 Å². The number of rotatable bonds is 5. The van der Waals surface area contributed by atoms with Gasteiger partial charge in [-0.05, 0) is 13.0 Å². The van der Waals surface area contributed by atoms with Gasteiger partial charge in [0.15, 0.2) is 0 Å². The molecule has 106 valence electrons. The molecule has 2 fully saturated rings. The predicted octanol–water partition coefficient (Wildman–Crippen LogP) is -0.888. The molecule has 0 aromatic heterocycles. The van der Waals surface area contributed by atoms with Crippen LogP contribution >= 0.6 is 0 Å². The van der Waals surface area contributed by atoms with Crippen LogP contribution in [0.3, 0.4) is 0 Å². The summed E-state index contributed by atoms with van der Waals surface area (Å²) in [6, 6.07) is 0. The SMILES string of the molecule is C=CC(=O)OCC1CO1.NCCC1CC(=O)NC1=O. The van der Waals surface area contributed by atoms with Crippen LogP contribution in [-0.2, 0) is 23.9 Å². The summed E-state index contributed by atoms with van der Waals surface area (Å²) >= 11 is 0. The van der Waals surface area contributed by atoms with Crippen LogP contribution in [0, 0.1) is 5.92 Å². The lowest BCUT2D eigenvalue weighted by atomic mass is 10.0. The van der Waals surface area contributed by atoms with Gasteiger partial charge < -0.3 is 15.2 Å². The van der Waals surface area contributed by atoms with E-state index in [0.717, 1.165) is 6.08 Å². The van der Waals surface area contributed by atoms with E-state index in [4.69, 9.17) is 10.5 Å². The number of esters is 1. The van der Waals surface area contributed by atoms with Gasteiger partial charge in [-0.2, -0.15) is 0 Å². The highest BCUT2D eigenvalue weighted by atomic mass is 16.6. The quantitative estimate of drug-likeness (QED) is 0.290. The van der Waals surface area contributed by atoms with Crippen LogP contribution in [0.15, 0.2) is 12.7 Å². The largest absolute Gasteiger partial charge is 0.460 e. The van der Waals surface area contributed by atoms with E-state index < -0.39 is 0 Å². The van der Waals surface area contributed by atoms with Crippen LogP contribution in [0.5, 0.6) is 0 Å². The fraction of sp³-hybridized carbons (Fsp3) is 0.583. The van der Waals surface area contributed by atoms with Crippen molar-refractivity contribution in [3.63, 3.8) is 0 Å². The van der Waals surface area contributed by atoms with E-state index >= 15 is 0 Å². The van der Waals surface area contributed by atoms with Crippen LogP contribution in [0.4, 0.5) is 0 Å². The lowest BCUT2D eigenvalue weighted by Gasteiger charge is -1.99. The number of carbonyl (C=O) groups excluding carboxylic acids is 3. The van der Waals surface area contributed by atoms with E-state index in [2.05, 4.69) is 16.6 Å². The molecule has 2 saturated heterocycles. The van der Waals surface area contributed by atoms with Gasteiger partial charge in [-0.15, -0.1) is 0 Å². The first kappa shape index (κ1) is 15.3. The maximum absolute atomic E-state index is 10.8. The van der Waals surface area contributed by atoms with Gasteiger partial charge in [-0.1, -0.05) is 6.58 Å². The van der Waals surface area contributed by atoms with Crippen molar-refractivity contribution < 1.29 is 23.9 Å². The fourth-order valence-electron chi connectivity index (χ4n) is 1.44. The molecule has 2 heterocycles. The number of epoxide rings is 1. The minimum Gasteiger partial charge on any atom is -0.460 e. The van der Waals surface area contributed by atoms with E-state index in [1.54, 1.807) is 0 Å². The molecule has 0 radical (unpaired) electrons. The summed E-state index contributed by atoms with van der Waals surface area (Å²) in [6.07, 6.45) is 2.21. The molecule has 2 aliphatic heterocycles. The van der Waals surface area contributed by atoms with Crippen molar-refractivity contribution >= 4 is 17.8 Å². The lowest BCUT2D eigenvalue weighted by Crippen LogP contribution is -2.23. The van der Waals surface area contributed by atoms with Gasteiger partial charge in [0.1, 0.15) is 12.7 Å². The molecule has 2 atom stereocenters. The monoisotopic (exact) mass is 270 g/mol. The molecule has 0 saturated carbocycles. The van der Waals surface area contributed by atoms with Crippen molar-refractivity contribution in [3.05, 3.63) is 12.7 Å². The highest BCUT2D eigenvalue weighted by molar-refractivity contribution is 6.03. The summed E-state index contributed by atoms with van der Waals surface area (Å²) in [5.41, 5.74) is 5.22. The molecule has 2 aliphatic rings. The highest BCUT2D eigenvalue weighted by Crippen LogP contribution is 2.13. The van der Waals surface area contributed by atoms with E-state index in [9.17, 15) is 14.4 Å². The maximum Gasteiger partial charge on any atom is 0.330 e. The minimum absolute atomic E-state index is 0.147. The van der Waals surface area contributed by atoms with Gasteiger partial charge in [0.25, 0.3) is 0 Å². The van der Waals surface area contributed by atoms with Crippen molar-refractivity contribution in [2.24, 2.45) is 11.7 Å². The molecule has 2 rings (SSSR count). The summed E-state index contributed by atoms with van der Waals surface area (Å²) in [6.45, 7) is 4.79. The van der Waals surface area contributed by atoms with Crippen LogP contribution < -0.4 is 11.1 Å². The molecule has 3 N–H and O–H groups in total. The van der Waals surface area contributed by atoms with Gasteiger partial charge in [-0.25, -0.2) is 4.79 Å². The highest BCUT2D eigenvalue weighted by Gasteiger charge is 2.29. The van der Waals surface area contributed by atoms with E-state index in [1.165, 1.54) is 0 Å². The van der Waals surface area contributed by atoms with Gasteiger partial charge in [0, 0.05) is 18.4 Å². The first-order valence-electron chi connectivity index (χ1n) is 6.01. The molecule has 0 aliphatic carbocycles. The zero-order valence-electron chi connectivity index (χ0n) is 10.6. The van der Waals surface area contributed by atoms with Crippen LogP contribution in [0.1, 0.15) is 12.8 Å². The third-order valence-corrected chi connectivity index (χ3v) is 2.56. The summed E-state index contributed by atoms with van der Waals surface area (Å²) in [7, 11) is 0. The molecule has 19 heavy (non-hydrogen) atoms. The number of nitrogens with one attached hydrogen (secondary N) is 1. The number of hydrogen-bond donors (Lipinski definition) is 2. The number of hydrogen-bond acceptors (Lipinski definition) is 6. The van der Waals surface area contributed by atoms with Crippen molar-refractivity contribution in [2.75, 3.05) is 19.8 Å². The molecule has 0 spiro atoms. The van der Waals surface area contributed by atoms with Gasteiger partial charge >= 0.3 is 5.97 Å². The van der Waals surface area contributed by atoms with Gasteiger partial charge in [0.05, 0.1) is 6.61 Å². The number of amides is 2. The summed E-state index contributed by atoms with van der Waals surface area (Å²) in [5.74, 6) is -0.901. The fourth-order valence-corrected chi connectivity index (χ4v) is 1.44. The number of ether oxygens (including phenoxy) is 2. The van der Waals surface area contributed by atoms with E-state index in [-0.39, 0.29) is 29.8 Å². The molecule has 2 amide bonds. The standard InChI is InChI=1S/C6H10N2O2.C6H8O3/c7-2-1-4-3-5(9)8-6(4)10;1-2-6(7)9-4-5-3-8-5/h4H,1-3,7H2,(H,8,9,10);2,5H,1,3-4H2. The van der Waals surface area contributed by atoms with Crippen molar-refractivity contribution in [1.82, 2.24) is 5.32 Å². The Kier molecular flexibility index (Phi) is 6.17. The Labute approximate surface area is 111 Å². The van der Waals surface area contributed by atoms with E-state index in [1.807, 2.05) is 0 Å². The lowest BCUT2D eigenvalue weighted by molar-refractivity contribution is -0.138. The molecule has 7 heteroatoms.